The van der Waals surface area contributed by atoms with Gasteiger partial charge >= 0.3 is 0 Å². The molecule has 3 aromatic heterocycles. The molecule has 5 rings (SSSR count). The predicted molar refractivity (Wildman–Crippen MR) is 131 cm³/mol. The summed E-state index contributed by atoms with van der Waals surface area (Å²) in [7, 11) is 1.67. The van der Waals surface area contributed by atoms with Gasteiger partial charge in [0, 0.05) is 23.0 Å². The van der Waals surface area contributed by atoms with Crippen LogP contribution in [-0.2, 0) is 18.4 Å². The Morgan fingerprint density at radius 1 is 1.03 bits per heavy atom. The molecule has 174 valence electrons. The van der Waals surface area contributed by atoms with Crippen molar-refractivity contribution in [2.24, 2.45) is 7.05 Å². The molecule has 3 heterocycles. The number of carbonyl (C=O) groups is 2. The monoisotopic (exact) mass is 487 g/mol. The number of aryl methyl sites for hydroxylation is 1. The number of hydrogen-bond acceptors (Lipinski definition) is 6. The smallest absolute Gasteiger partial charge is 0.270 e. The van der Waals surface area contributed by atoms with Crippen molar-refractivity contribution < 1.29 is 9.59 Å². The molecule has 0 atom stereocenters. The van der Waals surface area contributed by atoms with Crippen LogP contribution in [-0.4, -0.2) is 36.1 Å². The van der Waals surface area contributed by atoms with Gasteiger partial charge in [-0.25, -0.2) is 9.97 Å². The van der Waals surface area contributed by atoms with E-state index in [0.29, 0.717) is 38.2 Å². The highest BCUT2D eigenvalue weighted by Crippen LogP contribution is 2.25. The molecular weight excluding hydrogens is 470 g/mol. The molecule has 0 aliphatic rings. The molecule has 0 fully saturated rings. The maximum absolute atomic E-state index is 13.0. The average molecular weight is 488 g/mol. The summed E-state index contributed by atoms with van der Waals surface area (Å²) in [6, 6.07) is 16.0. The molecule has 10 nitrogen and oxygen atoms in total. The van der Waals surface area contributed by atoms with E-state index in [2.05, 4.69) is 25.9 Å². The number of hydrazine groups is 1. The fourth-order valence-corrected chi connectivity index (χ4v) is 3.83. The van der Waals surface area contributed by atoms with Crippen LogP contribution in [0.15, 0.2) is 71.9 Å². The molecule has 0 radical (unpaired) electrons. The number of amides is 2. The summed E-state index contributed by atoms with van der Waals surface area (Å²) in [5.74, 6) is -1.12. The second-order valence-corrected chi connectivity index (χ2v) is 8.20. The van der Waals surface area contributed by atoms with Crippen LogP contribution in [0.3, 0.4) is 0 Å². The number of nitrogens with one attached hydrogen (secondary N) is 2. The number of para-hydroxylation sites is 1. The molecule has 0 unspecified atom stereocenters. The first-order valence-electron chi connectivity index (χ1n) is 10.5. The molecule has 2 aromatic carbocycles. The number of benzene rings is 2. The van der Waals surface area contributed by atoms with Crippen LogP contribution in [0.5, 0.6) is 0 Å². The van der Waals surface area contributed by atoms with Crippen molar-refractivity contribution in [1.82, 2.24) is 35.2 Å². The molecular formula is C24H18ClN7O3. The highest BCUT2D eigenvalue weighted by molar-refractivity contribution is 6.30. The Bertz CT molecular complexity index is 1660. The normalized spacial score (nSPS) is 11.0. The van der Waals surface area contributed by atoms with Gasteiger partial charge in [0.15, 0.2) is 5.65 Å². The first-order valence-corrected chi connectivity index (χ1v) is 10.9. The van der Waals surface area contributed by atoms with Gasteiger partial charge in [0.25, 0.3) is 17.4 Å². The molecule has 11 heteroatoms. The van der Waals surface area contributed by atoms with Crippen LogP contribution >= 0.6 is 11.6 Å². The molecule has 0 spiro atoms. The minimum Gasteiger partial charge on any atom is -0.289 e. The molecule has 0 aliphatic carbocycles. The van der Waals surface area contributed by atoms with Gasteiger partial charge in [0.1, 0.15) is 18.3 Å². The van der Waals surface area contributed by atoms with E-state index in [-0.39, 0.29) is 6.54 Å². The molecule has 5 aromatic rings. The van der Waals surface area contributed by atoms with Gasteiger partial charge < -0.3 is 0 Å². The number of nitrogens with zero attached hydrogens (tertiary/aromatic N) is 5. The van der Waals surface area contributed by atoms with Crippen molar-refractivity contribution in [3.63, 3.8) is 0 Å². The number of hydrogen-bond donors (Lipinski definition) is 2. The lowest BCUT2D eigenvalue weighted by Gasteiger charge is -2.12. The number of pyridine rings is 1. The zero-order valence-electron chi connectivity index (χ0n) is 18.4. The number of fused-ring (bicyclic) bond motifs is 2. The van der Waals surface area contributed by atoms with E-state index < -0.39 is 17.4 Å². The number of carbonyl (C=O) groups excluding carboxylic acids is 2. The standard InChI is InChI=1S/C24H18ClN7O3/c1-31-22-18(11-27-31)24(35)32(13-26-22)12-21(33)29-30-23(34)17-10-20(14-6-8-15(25)9-7-14)28-19-5-3-2-4-16(17)19/h2-11,13H,12H2,1H3,(H,29,33)(H,30,34). The lowest BCUT2D eigenvalue weighted by atomic mass is 10.0. The Kier molecular flexibility index (Phi) is 5.71. The maximum Gasteiger partial charge on any atom is 0.270 e. The van der Waals surface area contributed by atoms with Gasteiger partial charge in [-0.1, -0.05) is 41.9 Å². The van der Waals surface area contributed by atoms with Gasteiger partial charge in [-0.05, 0) is 24.3 Å². The largest absolute Gasteiger partial charge is 0.289 e. The average Bonchev–Trinajstić information content (AvgIpc) is 3.25. The first-order chi connectivity index (χ1) is 16.9. The zero-order valence-corrected chi connectivity index (χ0v) is 19.2. The quantitative estimate of drug-likeness (QED) is 0.375. The van der Waals surface area contributed by atoms with E-state index in [1.807, 2.05) is 18.2 Å². The summed E-state index contributed by atoms with van der Waals surface area (Å²) in [5, 5.41) is 5.51. The molecule has 0 aliphatic heterocycles. The summed E-state index contributed by atoms with van der Waals surface area (Å²) >= 11 is 5.99. The Labute approximate surface area is 203 Å². The highest BCUT2D eigenvalue weighted by atomic mass is 35.5. The fraction of sp³-hybridized carbons (Fsp3) is 0.0833. The number of halogens is 1. The van der Waals surface area contributed by atoms with Crippen LogP contribution in [0.2, 0.25) is 5.02 Å². The minimum atomic E-state index is -0.596. The van der Waals surface area contributed by atoms with E-state index in [4.69, 9.17) is 11.6 Å². The van der Waals surface area contributed by atoms with Crippen molar-refractivity contribution in [3.05, 3.63) is 88.1 Å². The van der Waals surface area contributed by atoms with Crippen LogP contribution in [0, 0.1) is 0 Å². The van der Waals surface area contributed by atoms with Gasteiger partial charge in [0.2, 0.25) is 0 Å². The van der Waals surface area contributed by atoms with Crippen LogP contribution < -0.4 is 16.4 Å². The second kappa shape index (κ2) is 8.99. The molecule has 0 saturated heterocycles. The Balaban J connectivity index is 1.37. The first kappa shape index (κ1) is 22.2. The molecule has 2 amide bonds. The lowest BCUT2D eigenvalue weighted by molar-refractivity contribution is -0.122. The van der Waals surface area contributed by atoms with Crippen molar-refractivity contribution in [2.75, 3.05) is 0 Å². The third kappa shape index (κ3) is 4.34. The molecule has 35 heavy (non-hydrogen) atoms. The van der Waals surface area contributed by atoms with E-state index in [1.165, 1.54) is 17.2 Å². The van der Waals surface area contributed by atoms with Crippen molar-refractivity contribution in [3.8, 4) is 11.3 Å². The summed E-state index contributed by atoms with van der Waals surface area (Å²) in [5.41, 5.74) is 7.11. The highest BCUT2D eigenvalue weighted by Gasteiger charge is 2.16. The zero-order chi connectivity index (χ0) is 24.5. The third-order valence-corrected chi connectivity index (χ3v) is 5.70. The maximum atomic E-state index is 13.0. The van der Waals surface area contributed by atoms with Gasteiger partial charge in [-0.15, -0.1) is 0 Å². The van der Waals surface area contributed by atoms with Crippen molar-refractivity contribution in [1.29, 1.82) is 0 Å². The summed E-state index contributed by atoms with van der Waals surface area (Å²) in [4.78, 5) is 46.9. The number of aromatic nitrogens is 5. The summed E-state index contributed by atoms with van der Waals surface area (Å²) in [6.07, 6.45) is 2.66. The Hall–Kier alpha value is -4.57. The van der Waals surface area contributed by atoms with Gasteiger partial charge in [0.05, 0.1) is 23.0 Å². The van der Waals surface area contributed by atoms with Gasteiger partial charge in [-0.2, -0.15) is 5.10 Å². The second-order valence-electron chi connectivity index (χ2n) is 7.76. The van der Waals surface area contributed by atoms with Crippen molar-refractivity contribution in [2.45, 2.75) is 6.54 Å². The summed E-state index contributed by atoms with van der Waals surface area (Å²) in [6.45, 7) is -0.329. The van der Waals surface area contributed by atoms with Crippen LogP contribution in [0.4, 0.5) is 0 Å². The molecule has 0 saturated carbocycles. The van der Waals surface area contributed by atoms with Crippen LogP contribution in [0.1, 0.15) is 10.4 Å². The minimum absolute atomic E-state index is 0.296. The summed E-state index contributed by atoms with van der Waals surface area (Å²) < 4.78 is 2.62. The van der Waals surface area contributed by atoms with Crippen molar-refractivity contribution >= 4 is 45.4 Å². The molecule has 2 N–H and O–H groups in total. The van der Waals surface area contributed by atoms with E-state index in [9.17, 15) is 14.4 Å². The predicted octanol–water partition coefficient (Wildman–Crippen LogP) is 2.46. The van der Waals surface area contributed by atoms with E-state index in [0.717, 1.165) is 10.1 Å². The number of rotatable bonds is 4. The fourth-order valence-electron chi connectivity index (χ4n) is 3.70. The lowest BCUT2D eigenvalue weighted by Crippen LogP contribution is -2.44. The SMILES string of the molecule is Cn1ncc2c(=O)n(CC(=O)NNC(=O)c3cc(-c4ccc(Cl)cc4)nc4ccccc34)cnc21. The van der Waals surface area contributed by atoms with Crippen LogP contribution in [0.25, 0.3) is 33.2 Å². The Morgan fingerprint density at radius 2 is 1.80 bits per heavy atom. The van der Waals surface area contributed by atoms with E-state index >= 15 is 0 Å². The third-order valence-electron chi connectivity index (χ3n) is 5.45. The topological polar surface area (TPSA) is 124 Å². The molecule has 0 bridgehead atoms. The van der Waals surface area contributed by atoms with E-state index in [1.54, 1.807) is 43.4 Å². The van der Waals surface area contributed by atoms with Gasteiger partial charge in [-0.3, -0.25) is 34.5 Å². The Morgan fingerprint density at radius 3 is 2.60 bits per heavy atom.